The molecule has 1 heterocycles. The van der Waals surface area contributed by atoms with Crippen LogP contribution in [0, 0.1) is 0 Å². The Hall–Kier alpha value is -2.12. The van der Waals surface area contributed by atoms with Crippen LogP contribution in [0.5, 0.6) is 0 Å². The third-order valence-corrected chi connectivity index (χ3v) is 9.18. The standard InChI is InChI=1S/C22H29N3O6S3/c1-33(27,28)25(17-22(26)23-11-16-32-18-19-5-3-2-4-6-19)20-7-9-21(10-8-20)34(29,30)24-12-14-31-15-13-24/h2-10H,11-18H2,1H3,(H,23,26). The maximum absolute atomic E-state index is 12.8. The minimum atomic E-state index is -3.76. The van der Waals surface area contributed by atoms with Crippen LogP contribution >= 0.6 is 11.8 Å². The van der Waals surface area contributed by atoms with Crippen molar-refractivity contribution in [2.45, 2.75) is 10.6 Å². The lowest BCUT2D eigenvalue weighted by Gasteiger charge is -2.26. The van der Waals surface area contributed by atoms with E-state index in [-0.39, 0.29) is 23.7 Å². The van der Waals surface area contributed by atoms with Gasteiger partial charge in [0.05, 0.1) is 30.1 Å². The molecule has 0 aliphatic carbocycles. The lowest BCUT2D eigenvalue weighted by atomic mass is 10.2. The van der Waals surface area contributed by atoms with Gasteiger partial charge < -0.3 is 10.1 Å². The summed E-state index contributed by atoms with van der Waals surface area (Å²) in [6.07, 6.45) is 1.01. The number of sulfonamides is 2. The van der Waals surface area contributed by atoms with Gasteiger partial charge in [0.1, 0.15) is 6.54 Å². The van der Waals surface area contributed by atoms with Gasteiger partial charge >= 0.3 is 0 Å². The number of anilines is 1. The SMILES string of the molecule is CS(=O)(=O)N(CC(=O)NCCSCc1ccccc1)c1ccc(S(=O)(=O)N2CCOCC2)cc1. The van der Waals surface area contributed by atoms with E-state index in [1.807, 2.05) is 30.3 Å². The number of hydrogen-bond donors (Lipinski definition) is 1. The zero-order chi connectivity index (χ0) is 24.6. The van der Waals surface area contributed by atoms with E-state index in [1.54, 1.807) is 11.8 Å². The third-order valence-electron chi connectivity index (χ3n) is 5.10. The molecule has 1 aliphatic rings. The van der Waals surface area contributed by atoms with Gasteiger partial charge in [-0.05, 0) is 29.8 Å². The Kier molecular flexibility index (Phi) is 9.37. The average molecular weight is 528 g/mol. The Morgan fingerprint density at radius 3 is 2.29 bits per heavy atom. The molecule has 1 amide bonds. The molecule has 0 aromatic heterocycles. The number of thioether (sulfide) groups is 1. The Morgan fingerprint density at radius 2 is 1.68 bits per heavy atom. The summed E-state index contributed by atoms with van der Waals surface area (Å²) in [4.78, 5) is 12.5. The topological polar surface area (TPSA) is 113 Å². The first kappa shape index (κ1) is 26.5. The van der Waals surface area contributed by atoms with E-state index in [1.165, 1.54) is 34.1 Å². The van der Waals surface area contributed by atoms with E-state index in [2.05, 4.69) is 5.32 Å². The van der Waals surface area contributed by atoms with E-state index in [0.717, 1.165) is 16.3 Å². The number of nitrogens with one attached hydrogen (secondary N) is 1. The summed E-state index contributed by atoms with van der Waals surface area (Å²) in [5, 5.41) is 2.74. The summed E-state index contributed by atoms with van der Waals surface area (Å²) in [6, 6.07) is 15.5. The highest BCUT2D eigenvalue weighted by Gasteiger charge is 2.27. The van der Waals surface area contributed by atoms with Gasteiger partial charge in [-0.1, -0.05) is 30.3 Å². The van der Waals surface area contributed by atoms with E-state index in [4.69, 9.17) is 4.74 Å². The number of carbonyl (C=O) groups is 1. The number of nitrogens with zero attached hydrogens (tertiary/aromatic N) is 2. The van der Waals surface area contributed by atoms with Crippen LogP contribution in [0.2, 0.25) is 0 Å². The van der Waals surface area contributed by atoms with Gasteiger partial charge in [-0.3, -0.25) is 9.10 Å². The smallest absolute Gasteiger partial charge is 0.243 e. The summed E-state index contributed by atoms with van der Waals surface area (Å²) < 4.78 is 57.7. The number of rotatable bonds is 11. The molecular weight excluding hydrogens is 498 g/mol. The van der Waals surface area contributed by atoms with Crippen molar-refractivity contribution in [1.29, 1.82) is 0 Å². The highest BCUT2D eigenvalue weighted by atomic mass is 32.2. The Morgan fingerprint density at radius 1 is 1.03 bits per heavy atom. The van der Waals surface area contributed by atoms with Crippen LogP contribution in [-0.4, -0.2) is 78.4 Å². The highest BCUT2D eigenvalue weighted by Crippen LogP contribution is 2.23. The minimum absolute atomic E-state index is 0.0616. The first-order valence-electron chi connectivity index (χ1n) is 10.7. The van der Waals surface area contributed by atoms with Crippen LogP contribution in [0.3, 0.4) is 0 Å². The van der Waals surface area contributed by atoms with E-state index in [9.17, 15) is 21.6 Å². The Labute approximate surface area is 205 Å². The number of carbonyl (C=O) groups excluding carboxylic acids is 1. The second-order valence-electron chi connectivity index (χ2n) is 7.67. The molecule has 0 radical (unpaired) electrons. The maximum atomic E-state index is 12.8. The molecule has 2 aromatic rings. The zero-order valence-corrected chi connectivity index (χ0v) is 21.4. The molecule has 12 heteroatoms. The van der Waals surface area contributed by atoms with Crippen LogP contribution in [0.25, 0.3) is 0 Å². The van der Waals surface area contributed by atoms with Crippen molar-refractivity contribution < 1.29 is 26.4 Å². The fourth-order valence-electron chi connectivity index (χ4n) is 3.33. The van der Waals surface area contributed by atoms with Gasteiger partial charge in [0, 0.05) is 31.1 Å². The molecule has 3 rings (SSSR count). The molecule has 9 nitrogen and oxygen atoms in total. The molecule has 1 aliphatic heterocycles. The first-order chi connectivity index (χ1) is 16.2. The fourth-order valence-corrected chi connectivity index (χ4v) is 6.42. The van der Waals surface area contributed by atoms with Gasteiger partial charge in [0.25, 0.3) is 0 Å². The van der Waals surface area contributed by atoms with Gasteiger partial charge in [0.15, 0.2) is 0 Å². The summed E-state index contributed by atoms with van der Waals surface area (Å²) in [7, 11) is -7.46. The molecule has 0 atom stereocenters. The van der Waals surface area contributed by atoms with Crippen molar-refractivity contribution in [1.82, 2.24) is 9.62 Å². The largest absolute Gasteiger partial charge is 0.379 e. The number of amides is 1. The van der Waals surface area contributed by atoms with E-state index in [0.29, 0.717) is 25.5 Å². The fraction of sp³-hybridized carbons (Fsp3) is 0.409. The molecule has 0 saturated carbocycles. The molecule has 1 fully saturated rings. The highest BCUT2D eigenvalue weighted by molar-refractivity contribution is 7.98. The molecule has 34 heavy (non-hydrogen) atoms. The molecule has 186 valence electrons. The maximum Gasteiger partial charge on any atom is 0.243 e. The van der Waals surface area contributed by atoms with Crippen molar-refractivity contribution in [2.75, 3.05) is 55.7 Å². The van der Waals surface area contributed by atoms with E-state index >= 15 is 0 Å². The minimum Gasteiger partial charge on any atom is -0.379 e. The molecule has 1 saturated heterocycles. The van der Waals surface area contributed by atoms with Gasteiger partial charge in [-0.25, -0.2) is 16.8 Å². The summed E-state index contributed by atoms with van der Waals surface area (Å²) in [5.41, 5.74) is 1.41. The number of ether oxygens (including phenoxy) is 1. The van der Waals surface area contributed by atoms with Gasteiger partial charge in [-0.2, -0.15) is 16.1 Å². The molecule has 0 bridgehead atoms. The van der Waals surface area contributed by atoms with Gasteiger partial charge in [-0.15, -0.1) is 0 Å². The Balaban J connectivity index is 1.57. The normalized spacial score (nSPS) is 15.1. The lowest BCUT2D eigenvalue weighted by Crippen LogP contribution is -2.41. The van der Waals surface area contributed by atoms with Crippen molar-refractivity contribution in [3.63, 3.8) is 0 Å². The number of hydrogen-bond acceptors (Lipinski definition) is 7. The second-order valence-corrected chi connectivity index (χ2v) is 12.6. The van der Waals surface area contributed by atoms with Crippen LogP contribution in [0.4, 0.5) is 5.69 Å². The van der Waals surface area contributed by atoms with Crippen LogP contribution in [0.15, 0.2) is 59.5 Å². The van der Waals surface area contributed by atoms with Crippen LogP contribution in [0.1, 0.15) is 5.56 Å². The summed E-state index contributed by atoms with van der Waals surface area (Å²) >= 11 is 1.67. The molecule has 0 unspecified atom stereocenters. The summed E-state index contributed by atoms with van der Waals surface area (Å²) in [6.45, 7) is 1.22. The molecule has 2 aromatic carbocycles. The predicted octanol–water partition coefficient (Wildman–Crippen LogP) is 1.52. The van der Waals surface area contributed by atoms with E-state index < -0.39 is 32.5 Å². The third kappa shape index (κ3) is 7.44. The first-order valence-corrected chi connectivity index (χ1v) is 15.2. The van der Waals surface area contributed by atoms with Crippen LogP contribution < -0.4 is 9.62 Å². The molecular formula is C22H29N3O6S3. The molecule has 0 spiro atoms. The second kappa shape index (κ2) is 12.0. The van der Waals surface area contributed by atoms with Crippen molar-refractivity contribution >= 4 is 43.4 Å². The monoisotopic (exact) mass is 527 g/mol. The Bertz CT molecular complexity index is 1150. The van der Waals surface area contributed by atoms with Crippen molar-refractivity contribution in [3.8, 4) is 0 Å². The number of morpholine rings is 1. The quantitative estimate of drug-likeness (QED) is 0.441. The summed E-state index contributed by atoms with van der Waals surface area (Å²) in [5.74, 6) is 1.08. The van der Waals surface area contributed by atoms with Crippen molar-refractivity contribution in [2.24, 2.45) is 0 Å². The van der Waals surface area contributed by atoms with Crippen LogP contribution in [-0.2, 0) is 35.3 Å². The van der Waals surface area contributed by atoms with Gasteiger partial charge in [0.2, 0.25) is 26.0 Å². The number of benzene rings is 2. The zero-order valence-electron chi connectivity index (χ0n) is 18.9. The lowest BCUT2D eigenvalue weighted by molar-refractivity contribution is -0.119. The predicted molar refractivity (Wildman–Crippen MR) is 134 cm³/mol. The average Bonchev–Trinajstić information content (AvgIpc) is 2.83. The van der Waals surface area contributed by atoms with Crippen molar-refractivity contribution in [3.05, 3.63) is 60.2 Å². The molecule has 1 N–H and O–H groups in total.